The SMILES string of the molecule is NCCCn1cc(Nc2ncc(C(=O)Nc3c(Cl)cccc3Cl)c(OC3CC3)n2)cn1. The van der Waals surface area contributed by atoms with Gasteiger partial charge in [-0.15, -0.1) is 0 Å². The Labute approximate surface area is 188 Å². The lowest BCUT2D eigenvalue weighted by Gasteiger charge is -2.13. The molecule has 11 heteroatoms. The molecule has 0 saturated heterocycles. The molecule has 0 aliphatic heterocycles. The molecule has 1 aromatic carbocycles. The van der Waals surface area contributed by atoms with E-state index in [1.807, 2.05) is 6.20 Å². The summed E-state index contributed by atoms with van der Waals surface area (Å²) in [6.07, 6.45) is 7.61. The molecule has 0 atom stereocenters. The van der Waals surface area contributed by atoms with E-state index in [1.165, 1.54) is 6.20 Å². The van der Waals surface area contributed by atoms with Gasteiger partial charge in [0, 0.05) is 18.9 Å². The number of rotatable bonds is 9. The molecule has 4 N–H and O–H groups in total. The van der Waals surface area contributed by atoms with Gasteiger partial charge in [-0.25, -0.2) is 4.98 Å². The number of aromatic nitrogens is 4. The highest BCUT2D eigenvalue weighted by molar-refractivity contribution is 6.40. The smallest absolute Gasteiger partial charge is 0.262 e. The number of carbonyl (C=O) groups is 1. The topological polar surface area (TPSA) is 120 Å². The van der Waals surface area contributed by atoms with Crippen LogP contribution in [-0.4, -0.2) is 38.3 Å². The number of hydrogen-bond donors (Lipinski definition) is 3. The van der Waals surface area contributed by atoms with E-state index in [2.05, 4.69) is 25.7 Å². The number of aryl methyl sites for hydroxylation is 1. The number of hydrogen-bond acceptors (Lipinski definition) is 7. The van der Waals surface area contributed by atoms with Crippen molar-refractivity contribution >= 4 is 46.4 Å². The summed E-state index contributed by atoms with van der Waals surface area (Å²) in [6, 6.07) is 4.98. The van der Waals surface area contributed by atoms with Gasteiger partial charge in [0.15, 0.2) is 0 Å². The third-order valence-electron chi connectivity index (χ3n) is 4.48. The summed E-state index contributed by atoms with van der Waals surface area (Å²) < 4.78 is 7.64. The molecule has 1 aliphatic rings. The zero-order chi connectivity index (χ0) is 21.8. The Morgan fingerprint density at radius 1 is 1.26 bits per heavy atom. The van der Waals surface area contributed by atoms with Crippen molar-refractivity contribution in [1.29, 1.82) is 0 Å². The summed E-state index contributed by atoms with van der Waals surface area (Å²) in [5.41, 5.74) is 6.76. The fourth-order valence-electron chi connectivity index (χ4n) is 2.75. The van der Waals surface area contributed by atoms with Crippen molar-refractivity contribution in [2.24, 2.45) is 5.73 Å². The van der Waals surface area contributed by atoms with Gasteiger partial charge >= 0.3 is 0 Å². The summed E-state index contributed by atoms with van der Waals surface area (Å²) in [4.78, 5) is 21.5. The van der Waals surface area contributed by atoms with Gasteiger partial charge in [0.25, 0.3) is 5.91 Å². The first-order chi connectivity index (χ1) is 15.0. The van der Waals surface area contributed by atoms with Crippen LogP contribution in [0.15, 0.2) is 36.8 Å². The normalized spacial score (nSPS) is 13.1. The van der Waals surface area contributed by atoms with Crippen molar-refractivity contribution in [3.05, 3.63) is 52.4 Å². The van der Waals surface area contributed by atoms with E-state index in [0.29, 0.717) is 28.2 Å². The van der Waals surface area contributed by atoms with Crippen LogP contribution in [0, 0.1) is 0 Å². The molecule has 0 bridgehead atoms. The van der Waals surface area contributed by atoms with E-state index in [1.54, 1.807) is 29.1 Å². The predicted octanol–water partition coefficient (Wildman–Crippen LogP) is 3.87. The minimum Gasteiger partial charge on any atom is -0.474 e. The van der Waals surface area contributed by atoms with E-state index in [-0.39, 0.29) is 17.5 Å². The Morgan fingerprint density at radius 2 is 2.03 bits per heavy atom. The predicted molar refractivity (Wildman–Crippen MR) is 119 cm³/mol. The minimum absolute atomic E-state index is 0.0391. The van der Waals surface area contributed by atoms with Crippen molar-refractivity contribution in [1.82, 2.24) is 19.7 Å². The number of halogens is 2. The second kappa shape index (κ2) is 9.51. The Bertz CT molecular complexity index is 1060. The zero-order valence-corrected chi connectivity index (χ0v) is 18.0. The quantitative estimate of drug-likeness (QED) is 0.442. The molecule has 0 radical (unpaired) electrons. The number of para-hydroxylation sites is 1. The highest BCUT2D eigenvalue weighted by atomic mass is 35.5. The number of nitrogens with two attached hydrogens (primary N) is 1. The van der Waals surface area contributed by atoms with Crippen LogP contribution in [-0.2, 0) is 6.54 Å². The van der Waals surface area contributed by atoms with E-state index in [4.69, 9.17) is 33.7 Å². The molecular formula is C20H21Cl2N7O2. The number of ether oxygens (including phenoxy) is 1. The molecule has 2 aromatic heterocycles. The fourth-order valence-corrected chi connectivity index (χ4v) is 3.24. The van der Waals surface area contributed by atoms with Gasteiger partial charge in [0.1, 0.15) is 11.7 Å². The molecular weight excluding hydrogens is 441 g/mol. The van der Waals surface area contributed by atoms with Crippen molar-refractivity contribution in [2.45, 2.75) is 31.9 Å². The molecule has 31 heavy (non-hydrogen) atoms. The average molecular weight is 462 g/mol. The van der Waals surface area contributed by atoms with Crippen LogP contribution in [0.3, 0.4) is 0 Å². The fraction of sp³-hybridized carbons (Fsp3) is 0.300. The van der Waals surface area contributed by atoms with E-state index in [9.17, 15) is 4.79 Å². The van der Waals surface area contributed by atoms with Crippen molar-refractivity contribution < 1.29 is 9.53 Å². The largest absolute Gasteiger partial charge is 0.474 e. The number of nitrogens with zero attached hydrogens (tertiary/aromatic N) is 4. The molecule has 4 rings (SSSR count). The Hall–Kier alpha value is -2.88. The first kappa shape index (κ1) is 21.4. The van der Waals surface area contributed by atoms with Crippen LogP contribution in [0.25, 0.3) is 0 Å². The first-order valence-electron chi connectivity index (χ1n) is 9.82. The zero-order valence-electron chi connectivity index (χ0n) is 16.5. The van der Waals surface area contributed by atoms with Gasteiger partial charge in [-0.1, -0.05) is 29.3 Å². The minimum atomic E-state index is -0.466. The third-order valence-corrected chi connectivity index (χ3v) is 5.11. The maximum atomic E-state index is 12.9. The first-order valence-corrected chi connectivity index (χ1v) is 10.6. The second-order valence-electron chi connectivity index (χ2n) is 7.04. The lowest BCUT2D eigenvalue weighted by Crippen LogP contribution is -2.16. The average Bonchev–Trinajstić information content (AvgIpc) is 3.45. The standard InChI is InChI=1S/C20H21Cl2N7O2/c21-15-3-1-4-16(22)17(15)27-18(30)14-10-24-20(28-19(14)31-13-5-6-13)26-12-9-25-29(11-12)8-2-7-23/h1,3-4,9-11,13H,2,5-8,23H2,(H,27,30)(H,24,26,28). The van der Waals surface area contributed by atoms with Gasteiger partial charge in [0.2, 0.25) is 11.8 Å². The number of nitrogens with one attached hydrogen (secondary N) is 2. The van der Waals surface area contributed by atoms with E-state index in [0.717, 1.165) is 31.5 Å². The Kier molecular flexibility index (Phi) is 6.55. The number of carbonyl (C=O) groups excluding carboxylic acids is 1. The monoisotopic (exact) mass is 461 g/mol. The summed E-state index contributed by atoms with van der Waals surface area (Å²) in [7, 11) is 0. The van der Waals surface area contributed by atoms with Crippen LogP contribution >= 0.6 is 23.2 Å². The maximum Gasteiger partial charge on any atom is 0.262 e. The van der Waals surface area contributed by atoms with Crippen molar-refractivity contribution in [3.63, 3.8) is 0 Å². The molecule has 1 saturated carbocycles. The summed E-state index contributed by atoms with van der Waals surface area (Å²) in [5.74, 6) is 0.0179. The molecule has 1 aliphatic carbocycles. The highest BCUT2D eigenvalue weighted by Crippen LogP contribution is 2.32. The summed E-state index contributed by atoms with van der Waals surface area (Å²) >= 11 is 12.3. The lowest BCUT2D eigenvalue weighted by atomic mass is 10.2. The molecule has 1 fully saturated rings. The van der Waals surface area contributed by atoms with Gasteiger partial charge in [-0.05, 0) is 37.9 Å². The van der Waals surface area contributed by atoms with Gasteiger partial charge in [0.05, 0.1) is 27.6 Å². The number of anilines is 3. The van der Waals surface area contributed by atoms with Crippen LogP contribution in [0.1, 0.15) is 29.6 Å². The molecule has 3 aromatic rings. The van der Waals surface area contributed by atoms with E-state index >= 15 is 0 Å². The maximum absolute atomic E-state index is 12.9. The molecule has 0 unspecified atom stereocenters. The van der Waals surface area contributed by atoms with Gasteiger partial charge in [-0.2, -0.15) is 10.1 Å². The van der Waals surface area contributed by atoms with Crippen LogP contribution < -0.4 is 21.1 Å². The molecule has 0 spiro atoms. The highest BCUT2D eigenvalue weighted by Gasteiger charge is 2.28. The molecule has 1 amide bonds. The molecule has 2 heterocycles. The number of amides is 1. The van der Waals surface area contributed by atoms with E-state index < -0.39 is 5.91 Å². The summed E-state index contributed by atoms with van der Waals surface area (Å²) in [6.45, 7) is 1.31. The summed E-state index contributed by atoms with van der Waals surface area (Å²) in [5, 5.41) is 10.7. The van der Waals surface area contributed by atoms with Crippen LogP contribution in [0.5, 0.6) is 5.88 Å². The Balaban J connectivity index is 1.54. The van der Waals surface area contributed by atoms with Crippen molar-refractivity contribution in [3.8, 4) is 5.88 Å². The van der Waals surface area contributed by atoms with Crippen molar-refractivity contribution in [2.75, 3.05) is 17.2 Å². The molecule has 162 valence electrons. The second-order valence-corrected chi connectivity index (χ2v) is 7.85. The molecule has 9 nitrogen and oxygen atoms in total. The van der Waals surface area contributed by atoms with Crippen LogP contribution in [0.2, 0.25) is 10.0 Å². The van der Waals surface area contributed by atoms with Crippen LogP contribution in [0.4, 0.5) is 17.3 Å². The third kappa shape index (κ3) is 5.43. The Morgan fingerprint density at radius 3 is 2.74 bits per heavy atom. The number of benzene rings is 1. The van der Waals surface area contributed by atoms with Gasteiger partial charge < -0.3 is 21.1 Å². The van der Waals surface area contributed by atoms with Gasteiger partial charge in [-0.3, -0.25) is 9.48 Å². The lowest BCUT2D eigenvalue weighted by molar-refractivity contribution is 0.102.